The molecule has 0 fully saturated rings. The number of carbonyl (C=O) groups is 1. The van der Waals surface area contributed by atoms with E-state index in [1.54, 1.807) is 6.33 Å². The average Bonchev–Trinajstić information content (AvgIpc) is 3.30. The van der Waals surface area contributed by atoms with E-state index in [1.165, 1.54) is 22.9 Å². The second-order valence-corrected chi connectivity index (χ2v) is 8.73. The van der Waals surface area contributed by atoms with Crippen LogP contribution in [0.2, 0.25) is 5.02 Å². The van der Waals surface area contributed by atoms with Crippen molar-refractivity contribution in [3.8, 4) is 5.69 Å². The fraction of sp³-hybridized carbons (Fsp3) is 0.160. The van der Waals surface area contributed by atoms with Gasteiger partial charge in [0.25, 0.3) is 0 Å². The van der Waals surface area contributed by atoms with E-state index in [0.717, 1.165) is 11.3 Å². The number of benzene rings is 3. The number of carbonyl (C=O) groups excluding carboxylic acids is 1. The number of hydrogen-bond acceptors (Lipinski definition) is 4. The normalized spacial score (nSPS) is 11.0. The van der Waals surface area contributed by atoms with Gasteiger partial charge >= 0.3 is 0 Å². The first kappa shape index (κ1) is 22.1. The first-order valence-electron chi connectivity index (χ1n) is 10.3. The van der Waals surface area contributed by atoms with Crippen LogP contribution in [0.15, 0.2) is 90.3 Å². The van der Waals surface area contributed by atoms with Crippen LogP contribution in [-0.2, 0) is 4.79 Å². The zero-order valence-corrected chi connectivity index (χ0v) is 19.2. The Balaban J connectivity index is 1.40. The van der Waals surface area contributed by atoms with Crippen molar-refractivity contribution in [2.75, 3.05) is 12.3 Å². The van der Waals surface area contributed by atoms with E-state index >= 15 is 0 Å². The molecule has 5 nitrogen and oxygen atoms in total. The molecule has 1 aromatic heterocycles. The highest BCUT2D eigenvalue weighted by molar-refractivity contribution is 7.99. The number of halogens is 1. The van der Waals surface area contributed by atoms with Gasteiger partial charge in [0, 0.05) is 17.5 Å². The van der Waals surface area contributed by atoms with E-state index in [0.29, 0.717) is 16.7 Å². The third-order valence-electron chi connectivity index (χ3n) is 5.19. The van der Waals surface area contributed by atoms with Gasteiger partial charge in [0.1, 0.15) is 6.33 Å². The van der Waals surface area contributed by atoms with Crippen LogP contribution in [0.4, 0.5) is 0 Å². The number of thioether (sulfide) groups is 1. The van der Waals surface area contributed by atoms with Crippen molar-refractivity contribution in [3.05, 3.63) is 107 Å². The van der Waals surface area contributed by atoms with Crippen molar-refractivity contribution in [1.29, 1.82) is 0 Å². The first-order chi connectivity index (χ1) is 15.6. The predicted octanol–water partition coefficient (Wildman–Crippen LogP) is 5.27. The molecule has 32 heavy (non-hydrogen) atoms. The van der Waals surface area contributed by atoms with E-state index in [4.69, 9.17) is 11.6 Å². The summed E-state index contributed by atoms with van der Waals surface area (Å²) in [5.74, 6) is 0.280. The van der Waals surface area contributed by atoms with Gasteiger partial charge in [-0.1, -0.05) is 90.1 Å². The molecule has 1 N–H and O–H groups in total. The number of nitrogens with one attached hydrogen (secondary N) is 1. The Bertz CT molecular complexity index is 1140. The number of hydrogen-bond donors (Lipinski definition) is 1. The van der Waals surface area contributed by atoms with Crippen LogP contribution < -0.4 is 5.32 Å². The standard InChI is InChI=1S/C25H23ClN4OS/c1-18-12-13-21(14-23(18)26)30-17-28-29-25(30)32-16-24(31)27-15-22(19-8-4-2-5-9-19)20-10-6-3-7-11-20/h2-14,17,22H,15-16H2,1H3,(H,27,31). The molecular weight excluding hydrogens is 440 g/mol. The van der Waals surface area contributed by atoms with Crippen molar-refractivity contribution >= 4 is 29.3 Å². The zero-order chi connectivity index (χ0) is 22.3. The monoisotopic (exact) mass is 462 g/mol. The highest BCUT2D eigenvalue weighted by Crippen LogP contribution is 2.25. The molecule has 0 saturated carbocycles. The average molecular weight is 463 g/mol. The minimum absolute atomic E-state index is 0.0525. The fourth-order valence-corrected chi connectivity index (χ4v) is 4.36. The lowest BCUT2D eigenvalue weighted by Gasteiger charge is -2.19. The molecular formula is C25H23ClN4OS. The van der Waals surface area contributed by atoms with Gasteiger partial charge in [-0.2, -0.15) is 0 Å². The highest BCUT2D eigenvalue weighted by atomic mass is 35.5. The molecule has 0 unspecified atom stereocenters. The maximum Gasteiger partial charge on any atom is 0.230 e. The summed E-state index contributed by atoms with van der Waals surface area (Å²) in [6.07, 6.45) is 1.63. The van der Waals surface area contributed by atoms with Gasteiger partial charge in [-0.05, 0) is 35.7 Å². The van der Waals surface area contributed by atoms with Crippen LogP contribution in [-0.4, -0.2) is 33.0 Å². The lowest BCUT2D eigenvalue weighted by atomic mass is 9.91. The smallest absolute Gasteiger partial charge is 0.230 e. The van der Waals surface area contributed by atoms with Gasteiger partial charge in [-0.15, -0.1) is 10.2 Å². The summed E-state index contributed by atoms with van der Waals surface area (Å²) in [5.41, 5.74) is 4.20. The van der Waals surface area contributed by atoms with Gasteiger partial charge in [0.15, 0.2) is 5.16 Å². The van der Waals surface area contributed by atoms with Crippen molar-refractivity contribution in [3.63, 3.8) is 0 Å². The van der Waals surface area contributed by atoms with E-state index < -0.39 is 0 Å². The quantitative estimate of drug-likeness (QED) is 0.362. The summed E-state index contributed by atoms with van der Waals surface area (Å²) in [6, 6.07) is 26.2. The summed E-state index contributed by atoms with van der Waals surface area (Å²) >= 11 is 7.60. The molecule has 0 bridgehead atoms. The Morgan fingerprint density at radius 1 is 1.03 bits per heavy atom. The Hall–Kier alpha value is -3.09. The number of aromatic nitrogens is 3. The Kier molecular flexibility index (Phi) is 7.24. The molecule has 3 aromatic carbocycles. The number of aryl methyl sites for hydroxylation is 1. The SMILES string of the molecule is Cc1ccc(-n2cnnc2SCC(=O)NCC(c2ccccc2)c2ccccc2)cc1Cl. The second kappa shape index (κ2) is 10.5. The lowest BCUT2D eigenvalue weighted by Crippen LogP contribution is -2.30. The van der Waals surface area contributed by atoms with E-state index in [2.05, 4.69) is 39.8 Å². The maximum atomic E-state index is 12.6. The van der Waals surface area contributed by atoms with Crippen LogP contribution in [0.3, 0.4) is 0 Å². The van der Waals surface area contributed by atoms with Crippen molar-refractivity contribution in [1.82, 2.24) is 20.1 Å². The van der Waals surface area contributed by atoms with E-state index in [-0.39, 0.29) is 17.6 Å². The molecule has 0 saturated heterocycles. The fourth-order valence-electron chi connectivity index (χ4n) is 3.43. The molecule has 162 valence electrons. The predicted molar refractivity (Wildman–Crippen MR) is 130 cm³/mol. The number of amides is 1. The highest BCUT2D eigenvalue weighted by Gasteiger charge is 2.16. The van der Waals surface area contributed by atoms with Crippen molar-refractivity contribution in [2.45, 2.75) is 18.0 Å². The molecule has 4 rings (SSSR count). The summed E-state index contributed by atoms with van der Waals surface area (Å²) in [4.78, 5) is 12.6. The van der Waals surface area contributed by atoms with Crippen LogP contribution in [0, 0.1) is 6.92 Å². The Labute approximate surface area is 196 Å². The van der Waals surface area contributed by atoms with Crippen molar-refractivity contribution < 1.29 is 4.79 Å². The van der Waals surface area contributed by atoms with Crippen molar-refractivity contribution in [2.24, 2.45) is 0 Å². The molecule has 0 atom stereocenters. The molecule has 4 aromatic rings. The number of rotatable bonds is 8. The maximum absolute atomic E-state index is 12.6. The molecule has 0 radical (unpaired) electrons. The van der Waals surface area contributed by atoms with Gasteiger partial charge in [-0.3, -0.25) is 9.36 Å². The summed E-state index contributed by atoms with van der Waals surface area (Å²) < 4.78 is 1.83. The molecule has 7 heteroatoms. The third kappa shape index (κ3) is 5.39. The first-order valence-corrected chi connectivity index (χ1v) is 11.6. The molecule has 0 spiro atoms. The van der Waals surface area contributed by atoms with E-state index in [1.807, 2.05) is 66.1 Å². The van der Waals surface area contributed by atoms with E-state index in [9.17, 15) is 4.79 Å². The lowest BCUT2D eigenvalue weighted by molar-refractivity contribution is -0.118. The Morgan fingerprint density at radius 2 is 1.69 bits per heavy atom. The summed E-state index contributed by atoms with van der Waals surface area (Å²) in [5, 5.41) is 12.6. The van der Waals surface area contributed by atoms with Gasteiger partial charge in [-0.25, -0.2) is 0 Å². The summed E-state index contributed by atoms with van der Waals surface area (Å²) in [7, 11) is 0. The molecule has 1 amide bonds. The second-order valence-electron chi connectivity index (χ2n) is 7.38. The molecule has 0 aliphatic heterocycles. The molecule has 1 heterocycles. The largest absolute Gasteiger partial charge is 0.354 e. The molecule has 0 aliphatic carbocycles. The zero-order valence-electron chi connectivity index (χ0n) is 17.6. The summed E-state index contributed by atoms with van der Waals surface area (Å²) in [6.45, 7) is 2.48. The van der Waals surface area contributed by atoms with Gasteiger partial charge in [0.2, 0.25) is 5.91 Å². The van der Waals surface area contributed by atoms with Crippen LogP contribution in [0.25, 0.3) is 5.69 Å². The van der Waals surface area contributed by atoms with Crippen LogP contribution in [0.1, 0.15) is 22.6 Å². The van der Waals surface area contributed by atoms with Gasteiger partial charge in [0.05, 0.1) is 11.4 Å². The Morgan fingerprint density at radius 3 is 2.31 bits per heavy atom. The topological polar surface area (TPSA) is 59.8 Å². The van der Waals surface area contributed by atoms with Gasteiger partial charge < -0.3 is 5.32 Å². The molecule has 0 aliphatic rings. The van der Waals surface area contributed by atoms with Crippen LogP contribution >= 0.6 is 23.4 Å². The third-order valence-corrected chi connectivity index (χ3v) is 6.54. The van der Waals surface area contributed by atoms with Crippen LogP contribution in [0.5, 0.6) is 0 Å². The minimum Gasteiger partial charge on any atom is -0.354 e. The minimum atomic E-state index is -0.0525. The number of nitrogens with zero attached hydrogens (tertiary/aromatic N) is 3.